The zero-order chi connectivity index (χ0) is 49.7. The minimum atomic E-state index is -2.00. The summed E-state index contributed by atoms with van der Waals surface area (Å²) in [4.78, 5) is 74.9. The van der Waals surface area contributed by atoms with Gasteiger partial charge in [0, 0.05) is 69.6 Å². The molecule has 4 aromatic rings. The lowest BCUT2D eigenvalue weighted by Gasteiger charge is -2.40. The minimum absolute atomic E-state index is 0.0505. The average molecular weight is 1020 g/mol. The first-order valence-electron chi connectivity index (χ1n) is 24.1. The molecule has 376 valence electrons. The predicted molar refractivity (Wildman–Crippen MR) is 272 cm³/mol. The summed E-state index contributed by atoms with van der Waals surface area (Å²) >= 11 is 9.30. The molecule has 0 radical (unpaired) electrons. The van der Waals surface area contributed by atoms with Gasteiger partial charge in [0.15, 0.2) is 5.67 Å². The van der Waals surface area contributed by atoms with Crippen LogP contribution in [0.25, 0.3) is 10.4 Å². The average Bonchev–Trinajstić information content (AvgIpc) is 3.77. The Balaban J connectivity index is 0.808. The van der Waals surface area contributed by atoms with Gasteiger partial charge in [-0.1, -0.05) is 35.9 Å². The Morgan fingerprint density at radius 2 is 1.74 bits per heavy atom. The Kier molecular flexibility index (Phi) is 16.2. The number of piperazine rings is 1. The topological polar surface area (TPSA) is 194 Å². The number of benzene rings is 2. The Labute approximate surface area is 422 Å². The van der Waals surface area contributed by atoms with Crippen LogP contribution < -0.4 is 26.0 Å². The fourth-order valence-electron chi connectivity index (χ4n) is 9.59. The van der Waals surface area contributed by atoms with E-state index < -0.39 is 46.3 Å². The van der Waals surface area contributed by atoms with Gasteiger partial charge in [-0.3, -0.25) is 24.1 Å². The molecule has 20 heteroatoms. The zero-order valence-electron chi connectivity index (χ0n) is 40.4. The number of hydrogen-bond donors (Lipinski definition) is 5. The third-order valence-electron chi connectivity index (χ3n) is 14.1. The Morgan fingerprint density at radius 3 is 2.40 bits per heavy atom. The van der Waals surface area contributed by atoms with E-state index in [1.165, 1.54) is 11.1 Å². The third kappa shape index (κ3) is 12.1. The number of hydrogen-bond acceptors (Lipinski definition) is 14. The van der Waals surface area contributed by atoms with Gasteiger partial charge in [0.2, 0.25) is 17.8 Å². The van der Waals surface area contributed by atoms with Gasteiger partial charge in [0.25, 0.3) is 11.8 Å². The smallest absolute Gasteiger partial charge is 0.258 e. The number of aliphatic hydroxyl groups is 1. The number of aromatic nitrogens is 3. The number of amides is 4. The van der Waals surface area contributed by atoms with Gasteiger partial charge in [-0.2, -0.15) is 16.7 Å². The lowest BCUT2D eigenvalue weighted by atomic mass is 9.82. The Bertz CT molecular complexity index is 2510. The van der Waals surface area contributed by atoms with Gasteiger partial charge in [-0.15, -0.1) is 11.3 Å². The summed E-state index contributed by atoms with van der Waals surface area (Å²) in [5.74, 6) is 1.24. The molecule has 70 heavy (non-hydrogen) atoms. The van der Waals surface area contributed by atoms with Gasteiger partial charge in [0.05, 0.1) is 41.2 Å². The first-order valence-corrected chi connectivity index (χ1v) is 26.3. The third-order valence-corrected chi connectivity index (χ3v) is 17.0. The molecule has 2 aromatic carbocycles. The monoisotopic (exact) mass is 1020 g/mol. The highest BCUT2D eigenvalue weighted by Crippen LogP contribution is 2.42. The van der Waals surface area contributed by atoms with Crippen molar-refractivity contribution in [2.75, 3.05) is 69.8 Å². The van der Waals surface area contributed by atoms with Crippen LogP contribution in [0.15, 0.2) is 54.2 Å². The lowest BCUT2D eigenvalue weighted by Crippen LogP contribution is -2.61. The van der Waals surface area contributed by atoms with Crippen LogP contribution in [-0.2, 0) is 20.9 Å². The molecule has 2 aliphatic carbocycles. The van der Waals surface area contributed by atoms with Crippen molar-refractivity contribution in [3.8, 4) is 16.2 Å². The van der Waals surface area contributed by atoms with E-state index in [1.807, 2.05) is 55.4 Å². The number of nitrogens with zero attached hydrogens (tertiary/aromatic N) is 6. The number of thiazole rings is 1. The molecule has 2 saturated carbocycles. The number of ether oxygens (including phenoxy) is 1. The van der Waals surface area contributed by atoms with Crippen molar-refractivity contribution in [1.82, 2.24) is 40.3 Å². The highest BCUT2D eigenvalue weighted by molar-refractivity contribution is 8.00. The molecular formula is C50H64ClFN10O6S2. The van der Waals surface area contributed by atoms with Crippen molar-refractivity contribution in [2.45, 2.75) is 101 Å². The molecular weight excluding hydrogens is 955 g/mol. The summed E-state index contributed by atoms with van der Waals surface area (Å²) in [5.41, 5.74) is 3.84. The predicted octanol–water partition coefficient (Wildman–Crippen LogP) is 6.70. The summed E-state index contributed by atoms with van der Waals surface area (Å²) in [6.07, 6.45) is 5.01. The summed E-state index contributed by atoms with van der Waals surface area (Å²) < 4.78 is 19.9. The van der Waals surface area contributed by atoms with Crippen molar-refractivity contribution >= 4 is 75.8 Å². The van der Waals surface area contributed by atoms with E-state index in [2.05, 4.69) is 41.1 Å². The van der Waals surface area contributed by atoms with Gasteiger partial charge in [-0.25, -0.2) is 14.4 Å². The summed E-state index contributed by atoms with van der Waals surface area (Å²) in [6.45, 7) is 9.71. The number of likely N-dealkylation sites (tertiary alicyclic amines) is 1. The number of nitrogens with one attached hydrogen (secondary N) is 4. The largest absolute Gasteiger partial charge is 0.495 e. The number of carbonyl (C=O) groups excluding carboxylic acids is 4. The molecule has 0 spiro atoms. The first-order chi connectivity index (χ1) is 33.5. The van der Waals surface area contributed by atoms with Crippen LogP contribution in [0.3, 0.4) is 0 Å². The first kappa shape index (κ1) is 51.3. The molecule has 0 bridgehead atoms. The SMILES string of the molecule is CNc1nc(Nc2ccc(C(=O)N3CCN(CC4CCC(CSC(C)(C)[C@H](NC(=O)C5(F)CC5)C(=O)N5C[C@@H](O)C[C@H]5C(=O)NCc5ccc(-c6scnc6C)cc5)CC4)CC3)cc2OC)ncc1Cl. The van der Waals surface area contributed by atoms with Gasteiger partial charge in [-0.05, 0) is 106 Å². The lowest BCUT2D eigenvalue weighted by molar-refractivity contribution is -0.143. The summed E-state index contributed by atoms with van der Waals surface area (Å²) in [7, 11) is 3.28. The van der Waals surface area contributed by atoms with Crippen LogP contribution in [0.1, 0.15) is 80.4 Å². The van der Waals surface area contributed by atoms with E-state index in [1.54, 1.807) is 55.5 Å². The van der Waals surface area contributed by atoms with Gasteiger partial charge >= 0.3 is 0 Å². The number of β-amino-alcohol motifs (C(OH)–C–C–N with tert-alkyl or cyclic N) is 1. The van der Waals surface area contributed by atoms with E-state index in [4.69, 9.17) is 16.3 Å². The second-order valence-corrected chi connectivity index (χ2v) is 22.5. The van der Waals surface area contributed by atoms with Crippen molar-refractivity contribution in [3.05, 3.63) is 76.0 Å². The number of thioether (sulfide) groups is 1. The maximum Gasteiger partial charge on any atom is 0.258 e. The maximum absolute atomic E-state index is 15.2. The highest BCUT2D eigenvalue weighted by Gasteiger charge is 2.54. The van der Waals surface area contributed by atoms with E-state index in [9.17, 15) is 24.3 Å². The molecule has 4 amide bonds. The quantitative estimate of drug-likeness (QED) is 0.0708. The van der Waals surface area contributed by atoms with E-state index >= 15 is 4.39 Å². The summed E-state index contributed by atoms with van der Waals surface area (Å²) in [6, 6.07) is 11.1. The van der Waals surface area contributed by atoms with Crippen molar-refractivity contribution in [2.24, 2.45) is 11.8 Å². The maximum atomic E-state index is 15.2. The molecule has 3 atom stereocenters. The van der Waals surface area contributed by atoms with E-state index in [0.717, 1.165) is 72.8 Å². The van der Waals surface area contributed by atoms with Crippen molar-refractivity contribution in [3.63, 3.8) is 0 Å². The number of aryl methyl sites for hydroxylation is 1. The van der Waals surface area contributed by atoms with Gasteiger partial charge in [0.1, 0.15) is 28.7 Å². The number of anilines is 3. The Morgan fingerprint density at radius 1 is 1.03 bits per heavy atom. The highest BCUT2D eigenvalue weighted by atomic mass is 35.5. The molecule has 16 nitrogen and oxygen atoms in total. The number of halogens is 2. The van der Waals surface area contributed by atoms with Crippen molar-refractivity contribution < 1.29 is 33.4 Å². The summed E-state index contributed by atoms with van der Waals surface area (Å²) in [5, 5.41) is 23.0. The van der Waals surface area contributed by atoms with Crippen LogP contribution >= 0.6 is 34.7 Å². The number of carbonyl (C=O) groups is 4. The molecule has 4 fully saturated rings. The molecule has 8 rings (SSSR count). The normalized spacial score (nSPS) is 21.7. The molecule has 4 aliphatic rings. The van der Waals surface area contributed by atoms with Crippen LogP contribution in [0.4, 0.5) is 21.8 Å². The second kappa shape index (κ2) is 22.1. The molecule has 2 saturated heterocycles. The van der Waals surface area contributed by atoms with Crippen LogP contribution in [0.2, 0.25) is 5.02 Å². The Hall–Kier alpha value is -5.08. The van der Waals surface area contributed by atoms with Crippen LogP contribution in [0, 0.1) is 18.8 Å². The van der Waals surface area contributed by atoms with Gasteiger partial charge < -0.3 is 40.9 Å². The zero-order valence-corrected chi connectivity index (χ0v) is 42.8. The fraction of sp³-hybridized carbons (Fsp3) is 0.540. The molecule has 2 aliphatic heterocycles. The number of alkyl halides is 1. The standard InChI is InChI=1S/C50H64ClFN10O6S2/c1-30-41(69-29-56-30)34-12-10-31(11-13-34)24-54-44(64)39-23-36(63)27-62(39)46(66)42(58-47(67)50(52)16-17-50)49(2,3)70-28-33-8-6-32(7-9-33)26-60-18-20-61(21-19-60)45(65)35-14-15-38(40(22-35)68-5)57-48-55-25-37(51)43(53-4)59-48/h10-15,22,25,29,32-33,36,39,42,63H,6-9,16-21,23-24,26-28H2,1-5H3,(H,54,64)(H,58,67)(H2,53,55,57,59)/t32?,33?,36-,39-,42+/m0/s1. The molecule has 0 unspecified atom stereocenters. The van der Waals surface area contributed by atoms with Crippen LogP contribution in [-0.4, -0.2) is 146 Å². The fourth-order valence-corrected chi connectivity index (χ4v) is 11.9. The molecule has 5 N–H and O–H groups in total. The second-order valence-electron chi connectivity index (χ2n) is 19.5. The van der Waals surface area contributed by atoms with Crippen LogP contribution in [0.5, 0.6) is 5.75 Å². The van der Waals surface area contributed by atoms with E-state index in [-0.39, 0.29) is 38.3 Å². The molecule has 4 heterocycles. The number of aliphatic hydroxyl groups excluding tert-OH is 1. The number of methoxy groups -OCH3 is 1. The minimum Gasteiger partial charge on any atom is -0.495 e. The van der Waals surface area contributed by atoms with E-state index in [0.29, 0.717) is 58.7 Å². The van der Waals surface area contributed by atoms with Crippen molar-refractivity contribution in [1.29, 1.82) is 0 Å². The number of rotatable bonds is 18. The molecule has 2 aromatic heterocycles.